The standard InChI is InChI=1S/C11H13ClN4/c12-11-3-1-2-10(6-11)7-13-4-5-16-9-14-8-15-16/h1-3,6,8-9,13H,4-5,7H2. The van der Waals surface area contributed by atoms with Crippen LogP contribution in [-0.4, -0.2) is 21.3 Å². The van der Waals surface area contributed by atoms with Crippen LogP contribution in [-0.2, 0) is 13.1 Å². The van der Waals surface area contributed by atoms with Crippen molar-refractivity contribution in [2.75, 3.05) is 6.54 Å². The summed E-state index contributed by atoms with van der Waals surface area (Å²) in [5, 5.41) is 8.11. The molecule has 16 heavy (non-hydrogen) atoms. The van der Waals surface area contributed by atoms with Gasteiger partial charge in [-0.25, -0.2) is 4.98 Å². The van der Waals surface area contributed by atoms with Crippen LogP contribution in [0, 0.1) is 0 Å². The highest BCUT2D eigenvalue weighted by molar-refractivity contribution is 6.30. The SMILES string of the molecule is Clc1cccc(CNCCn2cncn2)c1. The Morgan fingerprint density at radius 3 is 3.06 bits per heavy atom. The van der Waals surface area contributed by atoms with Gasteiger partial charge in [0.2, 0.25) is 0 Å². The normalized spacial score (nSPS) is 10.6. The van der Waals surface area contributed by atoms with Crippen molar-refractivity contribution in [3.63, 3.8) is 0 Å². The summed E-state index contributed by atoms with van der Waals surface area (Å²) < 4.78 is 1.80. The molecule has 1 aromatic carbocycles. The van der Waals surface area contributed by atoms with Gasteiger partial charge in [0.05, 0.1) is 6.54 Å². The summed E-state index contributed by atoms with van der Waals surface area (Å²) in [6.45, 7) is 2.49. The Hall–Kier alpha value is -1.39. The predicted octanol–water partition coefficient (Wildman–Crippen LogP) is 1.72. The van der Waals surface area contributed by atoms with Crippen molar-refractivity contribution in [2.24, 2.45) is 0 Å². The minimum absolute atomic E-state index is 0.774. The van der Waals surface area contributed by atoms with Crippen LogP contribution >= 0.6 is 11.6 Å². The van der Waals surface area contributed by atoms with Gasteiger partial charge < -0.3 is 5.32 Å². The zero-order valence-corrected chi connectivity index (χ0v) is 9.56. The first-order chi connectivity index (χ1) is 7.84. The van der Waals surface area contributed by atoms with E-state index in [0.717, 1.165) is 24.7 Å². The van der Waals surface area contributed by atoms with Crippen molar-refractivity contribution in [2.45, 2.75) is 13.1 Å². The summed E-state index contributed by atoms with van der Waals surface area (Å²) >= 11 is 5.89. The van der Waals surface area contributed by atoms with Gasteiger partial charge in [0, 0.05) is 18.1 Å². The molecule has 0 aliphatic heterocycles. The number of rotatable bonds is 5. The second kappa shape index (κ2) is 5.63. The van der Waals surface area contributed by atoms with Gasteiger partial charge >= 0.3 is 0 Å². The van der Waals surface area contributed by atoms with E-state index in [1.165, 1.54) is 11.9 Å². The van der Waals surface area contributed by atoms with Crippen LogP contribution in [0.2, 0.25) is 5.02 Å². The van der Waals surface area contributed by atoms with Crippen molar-refractivity contribution >= 4 is 11.6 Å². The minimum atomic E-state index is 0.774. The van der Waals surface area contributed by atoms with E-state index in [1.807, 2.05) is 24.3 Å². The van der Waals surface area contributed by atoms with E-state index in [0.29, 0.717) is 0 Å². The molecule has 5 heteroatoms. The number of halogens is 1. The maximum Gasteiger partial charge on any atom is 0.137 e. The van der Waals surface area contributed by atoms with Gasteiger partial charge in [-0.15, -0.1) is 0 Å². The molecule has 0 saturated carbocycles. The molecule has 0 radical (unpaired) electrons. The molecule has 1 aromatic heterocycles. The summed E-state index contributed by atoms with van der Waals surface area (Å²) in [5.74, 6) is 0. The molecule has 0 fully saturated rings. The van der Waals surface area contributed by atoms with Gasteiger partial charge in [-0.1, -0.05) is 23.7 Å². The van der Waals surface area contributed by atoms with Crippen LogP contribution in [0.15, 0.2) is 36.9 Å². The van der Waals surface area contributed by atoms with Gasteiger partial charge in [0.1, 0.15) is 12.7 Å². The lowest BCUT2D eigenvalue weighted by Gasteiger charge is -2.05. The highest BCUT2D eigenvalue weighted by Crippen LogP contribution is 2.09. The summed E-state index contributed by atoms with van der Waals surface area (Å²) in [5.41, 5.74) is 1.19. The van der Waals surface area contributed by atoms with Crippen molar-refractivity contribution in [1.29, 1.82) is 0 Å². The molecular formula is C11H13ClN4. The Morgan fingerprint density at radius 1 is 1.38 bits per heavy atom. The van der Waals surface area contributed by atoms with E-state index in [-0.39, 0.29) is 0 Å². The van der Waals surface area contributed by atoms with E-state index < -0.39 is 0 Å². The smallest absolute Gasteiger partial charge is 0.137 e. The Labute approximate surface area is 99.3 Å². The predicted molar refractivity (Wildman–Crippen MR) is 63.2 cm³/mol. The lowest BCUT2D eigenvalue weighted by atomic mass is 10.2. The molecule has 2 aromatic rings. The minimum Gasteiger partial charge on any atom is -0.311 e. The average Bonchev–Trinajstić information content (AvgIpc) is 2.77. The Morgan fingerprint density at radius 2 is 2.31 bits per heavy atom. The van der Waals surface area contributed by atoms with Crippen molar-refractivity contribution < 1.29 is 0 Å². The number of nitrogens with zero attached hydrogens (tertiary/aromatic N) is 3. The quantitative estimate of drug-likeness (QED) is 0.804. The second-order valence-electron chi connectivity index (χ2n) is 3.47. The second-order valence-corrected chi connectivity index (χ2v) is 3.90. The lowest BCUT2D eigenvalue weighted by molar-refractivity contribution is 0.554. The summed E-state index contributed by atoms with van der Waals surface area (Å²) in [7, 11) is 0. The van der Waals surface area contributed by atoms with E-state index >= 15 is 0 Å². The van der Waals surface area contributed by atoms with Gasteiger partial charge in [0.25, 0.3) is 0 Å². The van der Waals surface area contributed by atoms with Crippen molar-refractivity contribution in [3.05, 3.63) is 47.5 Å². The molecular weight excluding hydrogens is 224 g/mol. The Bertz CT molecular complexity index is 427. The fraction of sp³-hybridized carbons (Fsp3) is 0.273. The third-order valence-corrected chi connectivity index (χ3v) is 2.44. The third-order valence-electron chi connectivity index (χ3n) is 2.20. The molecule has 1 heterocycles. The summed E-state index contributed by atoms with van der Waals surface area (Å²) in [6.07, 6.45) is 3.25. The van der Waals surface area contributed by atoms with E-state index in [2.05, 4.69) is 15.4 Å². The lowest BCUT2D eigenvalue weighted by Crippen LogP contribution is -2.19. The molecule has 0 spiro atoms. The van der Waals surface area contributed by atoms with Gasteiger partial charge in [-0.2, -0.15) is 5.10 Å². The maximum absolute atomic E-state index is 5.89. The molecule has 1 N–H and O–H groups in total. The van der Waals surface area contributed by atoms with Gasteiger partial charge in [-0.3, -0.25) is 4.68 Å². The van der Waals surface area contributed by atoms with Crippen LogP contribution in [0.1, 0.15) is 5.56 Å². The first kappa shape index (κ1) is 11.1. The Balaban J connectivity index is 1.72. The van der Waals surface area contributed by atoms with Crippen LogP contribution < -0.4 is 5.32 Å². The van der Waals surface area contributed by atoms with Gasteiger partial charge in [0.15, 0.2) is 0 Å². The molecule has 0 unspecified atom stereocenters. The Kier molecular flexibility index (Phi) is 3.91. The zero-order chi connectivity index (χ0) is 11.2. The first-order valence-corrected chi connectivity index (χ1v) is 5.50. The highest BCUT2D eigenvalue weighted by atomic mass is 35.5. The van der Waals surface area contributed by atoms with Gasteiger partial charge in [-0.05, 0) is 17.7 Å². The third kappa shape index (κ3) is 3.32. The van der Waals surface area contributed by atoms with Crippen molar-refractivity contribution in [1.82, 2.24) is 20.1 Å². The zero-order valence-electron chi connectivity index (χ0n) is 8.81. The highest BCUT2D eigenvalue weighted by Gasteiger charge is 1.94. The topological polar surface area (TPSA) is 42.7 Å². The summed E-state index contributed by atoms with van der Waals surface area (Å²) in [4.78, 5) is 3.88. The average molecular weight is 237 g/mol. The van der Waals surface area contributed by atoms with E-state index in [4.69, 9.17) is 11.6 Å². The fourth-order valence-corrected chi connectivity index (χ4v) is 1.63. The van der Waals surface area contributed by atoms with Crippen LogP contribution in [0.4, 0.5) is 0 Å². The summed E-state index contributed by atoms with van der Waals surface area (Å²) in [6, 6.07) is 7.84. The fourth-order valence-electron chi connectivity index (χ4n) is 1.42. The van der Waals surface area contributed by atoms with Crippen LogP contribution in [0.3, 0.4) is 0 Å². The molecule has 2 rings (SSSR count). The number of nitrogens with one attached hydrogen (secondary N) is 1. The molecule has 0 aliphatic rings. The maximum atomic E-state index is 5.89. The largest absolute Gasteiger partial charge is 0.311 e. The van der Waals surface area contributed by atoms with Crippen LogP contribution in [0.25, 0.3) is 0 Å². The first-order valence-electron chi connectivity index (χ1n) is 5.12. The number of hydrogen-bond donors (Lipinski definition) is 1. The van der Waals surface area contributed by atoms with E-state index in [9.17, 15) is 0 Å². The molecule has 0 saturated heterocycles. The molecule has 0 amide bonds. The molecule has 0 aliphatic carbocycles. The number of hydrogen-bond acceptors (Lipinski definition) is 3. The van der Waals surface area contributed by atoms with E-state index in [1.54, 1.807) is 11.0 Å². The number of benzene rings is 1. The van der Waals surface area contributed by atoms with Crippen LogP contribution in [0.5, 0.6) is 0 Å². The van der Waals surface area contributed by atoms with Crippen molar-refractivity contribution in [3.8, 4) is 0 Å². The molecule has 84 valence electrons. The molecule has 0 bridgehead atoms. The molecule has 4 nitrogen and oxygen atoms in total. The monoisotopic (exact) mass is 236 g/mol. The molecule has 0 atom stereocenters. The number of aromatic nitrogens is 3.